The highest BCUT2D eigenvalue weighted by Gasteiger charge is 2.33. The van der Waals surface area contributed by atoms with E-state index in [1.54, 1.807) is 25.1 Å². The molecule has 3 nitrogen and oxygen atoms in total. The molecule has 1 fully saturated rings. The van der Waals surface area contributed by atoms with Crippen molar-refractivity contribution in [2.75, 3.05) is 27.2 Å². The fourth-order valence-electron chi connectivity index (χ4n) is 2.38. The number of hydrogen-bond donors (Lipinski definition) is 0. The third-order valence-corrected chi connectivity index (χ3v) is 3.26. The summed E-state index contributed by atoms with van der Waals surface area (Å²) in [6, 6.07) is 5.08. The fourth-order valence-corrected chi connectivity index (χ4v) is 2.38. The van der Waals surface area contributed by atoms with E-state index in [1.807, 2.05) is 13.0 Å². The number of amides is 1. The monoisotopic (exact) mass is 250 g/mol. The highest BCUT2D eigenvalue weighted by molar-refractivity contribution is 5.79. The molecule has 18 heavy (non-hydrogen) atoms. The Labute approximate surface area is 107 Å². The Morgan fingerprint density at radius 1 is 1.39 bits per heavy atom. The molecular formula is C14H19FN2O. The normalized spacial score (nSPS) is 16.4. The minimum absolute atomic E-state index is 0.106. The van der Waals surface area contributed by atoms with Crippen LogP contribution in [0.4, 0.5) is 4.39 Å². The summed E-state index contributed by atoms with van der Waals surface area (Å²) in [6.07, 6.45) is 0. The lowest BCUT2D eigenvalue weighted by Gasteiger charge is -2.39. The first kappa shape index (κ1) is 13.0. The van der Waals surface area contributed by atoms with E-state index in [0.29, 0.717) is 0 Å². The maximum Gasteiger partial charge on any atom is 0.227 e. The highest BCUT2D eigenvalue weighted by Crippen LogP contribution is 2.21. The van der Waals surface area contributed by atoms with Crippen molar-refractivity contribution in [2.45, 2.75) is 13.5 Å². The van der Waals surface area contributed by atoms with Crippen molar-refractivity contribution in [3.05, 3.63) is 35.1 Å². The van der Waals surface area contributed by atoms with Gasteiger partial charge in [-0.3, -0.25) is 9.69 Å². The van der Waals surface area contributed by atoms with Crippen LogP contribution < -0.4 is 0 Å². The van der Waals surface area contributed by atoms with E-state index < -0.39 is 0 Å². The molecule has 0 radical (unpaired) electrons. The summed E-state index contributed by atoms with van der Waals surface area (Å²) in [5, 5.41) is 0. The minimum Gasteiger partial charge on any atom is -0.348 e. The molecular weight excluding hydrogens is 231 g/mol. The van der Waals surface area contributed by atoms with Gasteiger partial charge in [-0.1, -0.05) is 6.07 Å². The summed E-state index contributed by atoms with van der Waals surface area (Å²) >= 11 is 0. The molecule has 98 valence electrons. The second-order valence-electron chi connectivity index (χ2n) is 5.26. The van der Waals surface area contributed by atoms with Crippen LogP contribution in [0.25, 0.3) is 0 Å². The first-order valence-corrected chi connectivity index (χ1v) is 6.15. The molecule has 1 aliphatic rings. The first-order valence-electron chi connectivity index (χ1n) is 6.15. The standard InChI is InChI=1S/C14H19FN2O/c1-10-4-11(6-13(15)5-10)7-17-8-12(9-17)14(18)16(2)3/h4-6,12H,7-9H2,1-3H3. The van der Waals surface area contributed by atoms with Crippen molar-refractivity contribution in [1.82, 2.24) is 9.80 Å². The van der Waals surface area contributed by atoms with Crippen LogP contribution >= 0.6 is 0 Å². The molecule has 0 spiro atoms. The zero-order valence-corrected chi connectivity index (χ0v) is 11.1. The summed E-state index contributed by atoms with van der Waals surface area (Å²) in [6.45, 7) is 4.15. The van der Waals surface area contributed by atoms with Crippen molar-refractivity contribution in [3.63, 3.8) is 0 Å². The molecule has 1 amide bonds. The van der Waals surface area contributed by atoms with Gasteiger partial charge in [0.15, 0.2) is 0 Å². The van der Waals surface area contributed by atoms with Crippen LogP contribution in [0.1, 0.15) is 11.1 Å². The molecule has 1 aromatic rings. The van der Waals surface area contributed by atoms with Crippen LogP contribution in [0.5, 0.6) is 0 Å². The topological polar surface area (TPSA) is 23.6 Å². The quantitative estimate of drug-likeness (QED) is 0.814. The molecule has 4 heteroatoms. The molecule has 1 aliphatic heterocycles. The number of likely N-dealkylation sites (tertiary alicyclic amines) is 1. The Kier molecular flexibility index (Phi) is 3.66. The molecule has 0 N–H and O–H groups in total. The summed E-state index contributed by atoms with van der Waals surface area (Å²) in [4.78, 5) is 15.5. The van der Waals surface area contributed by atoms with Crippen LogP contribution in [-0.2, 0) is 11.3 Å². The second kappa shape index (κ2) is 5.06. The number of carbonyl (C=O) groups is 1. The number of aryl methyl sites for hydroxylation is 1. The molecule has 0 atom stereocenters. The van der Waals surface area contributed by atoms with Crippen molar-refractivity contribution < 1.29 is 9.18 Å². The molecule has 2 rings (SSSR count). The lowest BCUT2D eigenvalue weighted by atomic mass is 9.97. The molecule has 0 saturated carbocycles. The SMILES string of the molecule is Cc1cc(F)cc(CN2CC(C(=O)N(C)C)C2)c1. The van der Waals surface area contributed by atoms with Crippen molar-refractivity contribution in [1.29, 1.82) is 0 Å². The van der Waals surface area contributed by atoms with E-state index in [1.165, 1.54) is 6.07 Å². The van der Waals surface area contributed by atoms with Crippen molar-refractivity contribution in [3.8, 4) is 0 Å². The smallest absolute Gasteiger partial charge is 0.227 e. The Morgan fingerprint density at radius 3 is 2.61 bits per heavy atom. The van der Waals surface area contributed by atoms with Gasteiger partial charge >= 0.3 is 0 Å². The zero-order chi connectivity index (χ0) is 13.3. The van der Waals surface area contributed by atoms with E-state index in [9.17, 15) is 9.18 Å². The van der Waals surface area contributed by atoms with Gasteiger partial charge in [-0.2, -0.15) is 0 Å². The van der Waals surface area contributed by atoms with Crippen LogP contribution in [0.3, 0.4) is 0 Å². The molecule has 1 saturated heterocycles. The van der Waals surface area contributed by atoms with E-state index in [4.69, 9.17) is 0 Å². The summed E-state index contributed by atoms with van der Waals surface area (Å²) in [7, 11) is 3.56. The van der Waals surface area contributed by atoms with E-state index in [0.717, 1.165) is 30.8 Å². The van der Waals surface area contributed by atoms with Gasteiger partial charge < -0.3 is 4.90 Å². The first-order chi connectivity index (χ1) is 8.45. The average Bonchev–Trinajstić information content (AvgIpc) is 2.20. The maximum absolute atomic E-state index is 13.2. The van der Waals surface area contributed by atoms with Gasteiger partial charge in [-0.25, -0.2) is 4.39 Å². The largest absolute Gasteiger partial charge is 0.348 e. The van der Waals surface area contributed by atoms with Gasteiger partial charge in [0.1, 0.15) is 5.82 Å². The van der Waals surface area contributed by atoms with Crippen LogP contribution in [-0.4, -0.2) is 42.9 Å². The predicted molar refractivity (Wildman–Crippen MR) is 68.6 cm³/mol. The number of carbonyl (C=O) groups excluding carboxylic acids is 1. The average molecular weight is 250 g/mol. The number of halogens is 1. The zero-order valence-electron chi connectivity index (χ0n) is 11.1. The Bertz CT molecular complexity index is 433. The summed E-state index contributed by atoms with van der Waals surface area (Å²) < 4.78 is 13.2. The maximum atomic E-state index is 13.2. The van der Waals surface area contributed by atoms with Crippen LogP contribution in [0.2, 0.25) is 0 Å². The Morgan fingerprint density at radius 2 is 2.06 bits per heavy atom. The van der Waals surface area contributed by atoms with Gasteiger partial charge in [0.2, 0.25) is 5.91 Å². The second-order valence-corrected chi connectivity index (χ2v) is 5.26. The molecule has 1 aromatic carbocycles. The van der Waals surface area contributed by atoms with Crippen LogP contribution in [0.15, 0.2) is 18.2 Å². The van der Waals surface area contributed by atoms with Gasteiger partial charge in [-0.05, 0) is 30.2 Å². The predicted octanol–water partition coefficient (Wildman–Crippen LogP) is 1.65. The molecule has 0 aromatic heterocycles. The van der Waals surface area contributed by atoms with Gasteiger partial charge in [0.25, 0.3) is 0 Å². The van der Waals surface area contributed by atoms with Crippen molar-refractivity contribution >= 4 is 5.91 Å². The van der Waals surface area contributed by atoms with Crippen molar-refractivity contribution in [2.24, 2.45) is 5.92 Å². The lowest BCUT2D eigenvalue weighted by Crippen LogP contribution is -2.52. The lowest BCUT2D eigenvalue weighted by molar-refractivity contribution is -0.138. The van der Waals surface area contributed by atoms with Crippen LogP contribution in [0, 0.1) is 18.7 Å². The Balaban J connectivity index is 1.88. The van der Waals surface area contributed by atoms with Gasteiger partial charge in [0.05, 0.1) is 5.92 Å². The number of benzene rings is 1. The van der Waals surface area contributed by atoms with E-state index >= 15 is 0 Å². The molecule has 0 aliphatic carbocycles. The van der Waals surface area contributed by atoms with E-state index in [2.05, 4.69) is 4.90 Å². The summed E-state index contributed by atoms with van der Waals surface area (Å²) in [5.74, 6) is 0.0998. The number of rotatable bonds is 3. The van der Waals surface area contributed by atoms with E-state index in [-0.39, 0.29) is 17.6 Å². The highest BCUT2D eigenvalue weighted by atomic mass is 19.1. The Hall–Kier alpha value is -1.42. The minimum atomic E-state index is -0.188. The fraction of sp³-hybridized carbons (Fsp3) is 0.500. The van der Waals surface area contributed by atoms with Gasteiger partial charge in [0, 0.05) is 33.7 Å². The number of nitrogens with zero attached hydrogens (tertiary/aromatic N) is 2. The third-order valence-electron chi connectivity index (χ3n) is 3.26. The van der Waals surface area contributed by atoms with Gasteiger partial charge in [-0.15, -0.1) is 0 Å². The number of hydrogen-bond acceptors (Lipinski definition) is 2. The third kappa shape index (κ3) is 2.88. The molecule has 0 unspecified atom stereocenters. The molecule has 0 bridgehead atoms. The molecule has 1 heterocycles. The summed E-state index contributed by atoms with van der Waals surface area (Å²) in [5.41, 5.74) is 1.91.